The molecule has 7 N–H and O–H groups in total. The van der Waals surface area contributed by atoms with E-state index in [9.17, 15) is 29.4 Å². The first-order valence-corrected chi connectivity index (χ1v) is 13.3. The average molecular weight is 495 g/mol. The van der Waals surface area contributed by atoms with Crippen LogP contribution in [0.25, 0.3) is 0 Å². The van der Waals surface area contributed by atoms with E-state index in [0.717, 1.165) is 0 Å². The Hall–Kier alpha value is -1.50. The minimum absolute atomic E-state index is 0.257. The standard InChI is InChI=1S/C20H38N4O6S2/c1-6-11(2)16(19(28)23-14(20(29)30)8-10-32-5)24-17(26)13(7-9-31-4)22-18(27)15(21)12(3)25/h11-16,25H,6-10,21H2,1-5H3,(H,22,27)(H,23,28)(H,24,26)(H,29,30). The third kappa shape index (κ3) is 10.9. The molecule has 6 unspecified atom stereocenters. The lowest BCUT2D eigenvalue weighted by molar-refractivity contribution is -0.142. The van der Waals surface area contributed by atoms with E-state index < -0.39 is 54.0 Å². The fraction of sp³-hybridized carbons (Fsp3) is 0.800. The third-order valence-corrected chi connectivity index (χ3v) is 6.37. The van der Waals surface area contributed by atoms with Crippen molar-refractivity contribution in [2.24, 2.45) is 11.7 Å². The molecule has 0 spiro atoms. The summed E-state index contributed by atoms with van der Waals surface area (Å²) in [5.74, 6) is -2.11. The van der Waals surface area contributed by atoms with E-state index in [2.05, 4.69) is 16.0 Å². The summed E-state index contributed by atoms with van der Waals surface area (Å²) in [6.45, 7) is 5.01. The van der Waals surface area contributed by atoms with Crippen LogP contribution in [-0.2, 0) is 19.2 Å². The number of amides is 3. The molecule has 10 nitrogen and oxygen atoms in total. The number of rotatable bonds is 16. The quantitative estimate of drug-likeness (QED) is 0.170. The molecule has 0 rings (SSSR count). The molecule has 0 heterocycles. The Bertz CT molecular complexity index is 623. The largest absolute Gasteiger partial charge is 0.480 e. The molecule has 0 aliphatic rings. The van der Waals surface area contributed by atoms with Gasteiger partial charge in [0.2, 0.25) is 17.7 Å². The summed E-state index contributed by atoms with van der Waals surface area (Å²) in [6, 6.07) is -4.18. The van der Waals surface area contributed by atoms with Gasteiger partial charge in [-0.1, -0.05) is 20.3 Å². The second-order valence-electron chi connectivity index (χ2n) is 7.66. The van der Waals surface area contributed by atoms with E-state index in [1.807, 2.05) is 19.4 Å². The number of nitrogens with one attached hydrogen (secondary N) is 3. The maximum absolute atomic E-state index is 13.0. The van der Waals surface area contributed by atoms with Crippen LogP contribution >= 0.6 is 23.5 Å². The Morgan fingerprint density at radius 2 is 1.38 bits per heavy atom. The predicted molar refractivity (Wildman–Crippen MR) is 129 cm³/mol. The number of carboxylic acids is 1. The van der Waals surface area contributed by atoms with Crippen molar-refractivity contribution in [2.45, 2.75) is 70.3 Å². The van der Waals surface area contributed by atoms with Gasteiger partial charge in [-0.3, -0.25) is 14.4 Å². The highest BCUT2D eigenvalue weighted by atomic mass is 32.2. The smallest absolute Gasteiger partial charge is 0.326 e. The van der Waals surface area contributed by atoms with E-state index in [1.165, 1.54) is 30.4 Å². The van der Waals surface area contributed by atoms with Crippen LogP contribution in [0.3, 0.4) is 0 Å². The van der Waals surface area contributed by atoms with E-state index >= 15 is 0 Å². The monoisotopic (exact) mass is 494 g/mol. The van der Waals surface area contributed by atoms with Crippen LogP contribution in [0.5, 0.6) is 0 Å². The van der Waals surface area contributed by atoms with Gasteiger partial charge in [-0.25, -0.2) is 4.79 Å². The molecule has 12 heteroatoms. The normalized spacial score (nSPS) is 16.7. The zero-order valence-corrected chi connectivity index (χ0v) is 21.1. The number of aliphatic hydroxyl groups is 1. The van der Waals surface area contributed by atoms with Crippen LogP contribution in [0.2, 0.25) is 0 Å². The SMILES string of the molecule is CCC(C)C(NC(=O)C(CCSC)NC(=O)C(N)C(C)O)C(=O)NC(CCSC)C(=O)O. The number of aliphatic hydroxyl groups excluding tert-OH is 1. The molecule has 0 aliphatic heterocycles. The lowest BCUT2D eigenvalue weighted by Crippen LogP contribution is -2.59. The Labute approximate surface area is 198 Å². The van der Waals surface area contributed by atoms with Gasteiger partial charge in [0.25, 0.3) is 0 Å². The summed E-state index contributed by atoms with van der Waals surface area (Å²) < 4.78 is 0. The number of aliphatic carboxylic acids is 1. The molecule has 0 aromatic heterocycles. The van der Waals surface area contributed by atoms with Crippen molar-refractivity contribution in [3.63, 3.8) is 0 Å². The highest BCUT2D eigenvalue weighted by Gasteiger charge is 2.32. The van der Waals surface area contributed by atoms with Gasteiger partial charge in [0.15, 0.2) is 0 Å². The second-order valence-corrected chi connectivity index (χ2v) is 9.63. The van der Waals surface area contributed by atoms with Gasteiger partial charge >= 0.3 is 5.97 Å². The number of hydrogen-bond donors (Lipinski definition) is 6. The second kappa shape index (κ2) is 16.2. The van der Waals surface area contributed by atoms with Gasteiger partial charge in [0.1, 0.15) is 24.2 Å². The third-order valence-electron chi connectivity index (χ3n) is 5.08. The van der Waals surface area contributed by atoms with Crippen LogP contribution in [0, 0.1) is 5.92 Å². The van der Waals surface area contributed by atoms with Gasteiger partial charge in [-0.2, -0.15) is 23.5 Å². The number of thioether (sulfide) groups is 2. The van der Waals surface area contributed by atoms with E-state index in [4.69, 9.17) is 5.73 Å². The molecule has 0 aliphatic carbocycles. The summed E-state index contributed by atoms with van der Waals surface area (Å²) in [7, 11) is 0. The molecule has 0 fully saturated rings. The van der Waals surface area contributed by atoms with Gasteiger partial charge in [-0.15, -0.1) is 0 Å². The number of carbonyl (C=O) groups excluding carboxylic acids is 3. The van der Waals surface area contributed by atoms with Crippen molar-refractivity contribution in [1.29, 1.82) is 0 Å². The van der Waals surface area contributed by atoms with Gasteiger partial charge < -0.3 is 31.9 Å². The molecular formula is C20H38N4O6S2. The molecule has 6 atom stereocenters. The van der Waals surface area contributed by atoms with E-state index in [1.54, 1.807) is 6.92 Å². The molecular weight excluding hydrogens is 456 g/mol. The molecule has 0 aromatic carbocycles. The van der Waals surface area contributed by atoms with Crippen LogP contribution in [0.1, 0.15) is 40.0 Å². The minimum atomic E-state index is -1.19. The topological polar surface area (TPSA) is 171 Å². The summed E-state index contributed by atoms with van der Waals surface area (Å²) >= 11 is 2.96. The van der Waals surface area contributed by atoms with Crippen molar-refractivity contribution in [3.8, 4) is 0 Å². The molecule has 3 amide bonds. The summed E-state index contributed by atoms with van der Waals surface area (Å²) in [4.78, 5) is 49.6. The summed E-state index contributed by atoms with van der Waals surface area (Å²) in [5, 5.41) is 26.7. The number of carboxylic acid groups (broad SMARTS) is 1. The van der Waals surface area contributed by atoms with Crippen molar-refractivity contribution in [3.05, 3.63) is 0 Å². The zero-order valence-electron chi connectivity index (χ0n) is 19.4. The van der Waals surface area contributed by atoms with E-state index in [0.29, 0.717) is 24.3 Å². The highest BCUT2D eigenvalue weighted by molar-refractivity contribution is 7.98. The fourth-order valence-electron chi connectivity index (χ4n) is 2.70. The fourth-order valence-corrected chi connectivity index (χ4v) is 3.64. The molecule has 0 radical (unpaired) electrons. The number of carbonyl (C=O) groups is 4. The lowest BCUT2D eigenvalue weighted by Gasteiger charge is -2.28. The first-order chi connectivity index (χ1) is 15.0. The first kappa shape index (κ1) is 30.5. The summed E-state index contributed by atoms with van der Waals surface area (Å²) in [6.07, 6.45) is 3.73. The van der Waals surface area contributed by atoms with Gasteiger partial charge in [0.05, 0.1) is 6.10 Å². The maximum atomic E-state index is 13.0. The average Bonchev–Trinajstić information content (AvgIpc) is 2.75. The Morgan fingerprint density at radius 1 is 0.875 bits per heavy atom. The zero-order chi connectivity index (χ0) is 24.8. The van der Waals surface area contributed by atoms with Crippen molar-refractivity contribution in [1.82, 2.24) is 16.0 Å². The van der Waals surface area contributed by atoms with Crippen molar-refractivity contribution in [2.75, 3.05) is 24.0 Å². The Balaban J connectivity index is 5.47. The van der Waals surface area contributed by atoms with E-state index in [-0.39, 0.29) is 12.3 Å². The Kier molecular flexibility index (Phi) is 15.4. The maximum Gasteiger partial charge on any atom is 0.326 e. The van der Waals surface area contributed by atoms with Crippen molar-refractivity contribution < 1.29 is 29.4 Å². The summed E-state index contributed by atoms with van der Waals surface area (Å²) in [5.41, 5.74) is 5.66. The molecule has 32 heavy (non-hydrogen) atoms. The molecule has 0 saturated carbocycles. The van der Waals surface area contributed by atoms with Crippen LogP contribution < -0.4 is 21.7 Å². The number of nitrogens with two attached hydrogens (primary N) is 1. The lowest BCUT2D eigenvalue weighted by atomic mass is 9.97. The van der Waals surface area contributed by atoms with Crippen LogP contribution in [0.4, 0.5) is 0 Å². The molecule has 0 aromatic rings. The van der Waals surface area contributed by atoms with Gasteiger partial charge in [0, 0.05) is 0 Å². The highest BCUT2D eigenvalue weighted by Crippen LogP contribution is 2.11. The Morgan fingerprint density at radius 3 is 1.81 bits per heavy atom. The first-order valence-electron chi connectivity index (χ1n) is 10.5. The molecule has 186 valence electrons. The van der Waals surface area contributed by atoms with Crippen LogP contribution in [0.15, 0.2) is 0 Å². The predicted octanol–water partition coefficient (Wildman–Crippen LogP) is -0.214. The van der Waals surface area contributed by atoms with Crippen LogP contribution in [-0.4, -0.2) is 88.2 Å². The van der Waals surface area contributed by atoms with Crippen molar-refractivity contribution >= 4 is 47.2 Å². The molecule has 0 bridgehead atoms. The molecule has 0 saturated heterocycles. The number of hydrogen-bond acceptors (Lipinski definition) is 8. The minimum Gasteiger partial charge on any atom is -0.480 e. The van der Waals surface area contributed by atoms with Gasteiger partial charge in [-0.05, 0) is 49.7 Å².